The number of hydrogen-bond donors (Lipinski definition) is 2. The minimum Gasteiger partial charge on any atom is -0.497 e. The van der Waals surface area contributed by atoms with Crippen LogP contribution in [-0.4, -0.2) is 14.2 Å². The Morgan fingerprint density at radius 1 is 1.11 bits per heavy atom. The van der Waals surface area contributed by atoms with E-state index in [1.807, 2.05) is 24.3 Å². The van der Waals surface area contributed by atoms with Crippen LogP contribution in [0.5, 0.6) is 11.5 Å². The molecule has 0 saturated heterocycles. The van der Waals surface area contributed by atoms with Crippen molar-refractivity contribution in [1.29, 1.82) is 0 Å². The first-order valence-electron chi connectivity index (χ1n) is 5.49. The zero-order valence-corrected chi connectivity index (χ0v) is 10.3. The second kappa shape index (κ2) is 5.57. The largest absolute Gasteiger partial charge is 0.497 e. The molecule has 1 unspecified atom stereocenters. The molecule has 0 aliphatic carbocycles. The highest BCUT2D eigenvalue weighted by molar-refractivity contribution is 5.42. The Morgan fingerprint density at radius 3 is 2.22 bits per heavy atom. The molecule has 1 heterocycles. The Kier molecular flexibility index (Phi) is 3.86. The van der Waals surface area contributed by atoms with Crippen LogP contribution in [0.4, 0.5) is 0 Å². The molecule has 0 saturated carbocycles. The number of benzene rings is 1. The Bertz CT molecular complexity index is 475. The minimum absolute atomic E-state index is 0.173. The molecule has 0 aliphatic heterocycles. The maximum Gasteiger partial charge on any atom is 0.122 e. The summed E-state index contributed by atoms with van der Waals surface area (Å²) in [6.45, 7) is 0. The molecule has 0 fully saturated rings. The Hall–Kier alpha value is -1.98. The summed E-state index contributed by atoms with van der Waals surface area (Å²) in [5, 5.41) is 0. The molecule has 0 aliphatic rings. The number of hydrogen-bond acceptors (Lipinski definition) is 5. The quantitative estimate of drug-likeness (QED) is 0.624. The Balaban J connectivity index is 2.41. The van der Waals surface area contributed by atoms with E-state index < -0.39 is 0 Å². The van der Waals surface area contributed by atoms with Crippen molar-refractivity contribution in [2.24, 2.45) is 5.84 Å². The zero-order valence-electron chi connectivity index (χ0n) is 10.3. The molecular formula is C13H16N2O3. The molecule has 5 nitrogen and oxygen atoms in total. The third kappa shape index (κ3) is 2.47. The lowest BCUT2D eigenvalue weighted by molar-refractivity contribution is 0.392. The second-order valence-corrected chi connectivity index (χ2v) is 3.80. The molecule has 2 aromatic rings. The fourth-order valence-corrected chi connectivity index (χ4v) is 1.82. The van der Waals surface area contributed by atoms with E-state index in [-0.39, 0.29) is 6.04 Å². The average Bonchev–Trinajstić information content (AvgIpc) is 2.93. The minimum atomic E-state index is -0.173. The third-order valence-corrected chi connectivity index (χ3v) is 2.75. The van der Waals surface area contributed by atoms with Gasteiger partial charge in [-0.05, 0) is 23.8 Å². The van der Waals surface area contributed by atoms with Crippen molar-refractivity contribution in [2.75, 3.05) is 14.2 Å². The van der Waals surface area contributed by atoms with Gasteiger partial charge in [0, 0.05) is 11.6 Å². The Morgan fingerprint density at radius 2 is 1.78 bits per heavy atom. The van der Waals surface area contributed by atoms with Gasteiger partial charge in [-0.15, -0.1) is 0 Å². The number of methoxy groups -OCH3 is 2. The molecule has 18 heavy (non-hydrogen) atoms. The van der Waals surface area contributed by atoms with Gasteiger partial charge in [0.15, 0.2) is 0 Å². The van der Waals surface area contributed by atoms with Gasteiger partial charge in [-0.1, -0.05) is 0 Å². The van der Waals surface area contributed by atoms with E-state index >= 15 is 0 Å². The van der Waals surface area contributed by atoms with Gasteiger partial charge in [0.1, 0.15) is 11.5 Å². The third-order valence-electron chi connectivity index (χ3n) is 2.75. The number of rotatable bonds is 5. The van der Waals surface area contributed by atoms with Gasteiger partial charge >= 0.3 is 0 Å². The van der Waals surface area contributed by atoms with Crippen LogP contribution in [0.15, 0.2) is 41.2 Å². The van der Waals surface area contributed by atoms with Crippen LogP contribution in [0.2, 0.25) is 0 Å². The van der Waals surface area contributed by atoms with E-state index in [9.17, 15) is 0 Å². The van der Waals surface area contributed by atoms with Crippen molar-refractivity contribution in [1.82, 2.24) is 5.43 Å². The molecule has 0 spiro atoms. The summed E-state index contributed by atoms with van der Waals surface area (Å²) in [4.78, 5) is 0. The standard InChI is InChI=1S/C13H16N2O3/c1-16-11-5-10(6-12(7-11)17-2)13(15-14)9-3-4-18-8-9/h3-8,13,15H,14H2,1-2H3. The van der Waals surface area contributed by atoms with E-state index in [4.69, 9.17) is 19.7 Å². The van der Waals surface area contributed by atoms with E-state index in [2.05, 4.69) is 5.43 Å². The summed E-state index contributed by atoms with van der Waals surface area (Å²) in [6, 6.07) is 7.30. The van der Waals surface area contributed by atoms with Gasteiger partial charge in [-0.25, -0.2) is 5.43 Å². The van der Waals surface area contributed by atoms with Crippen LogP contribution in [-0.2, 0) is 0 Å². The van der Waals surface area contributed by atoms with Gasteiger partial charge in [0.05, 0.1) is 32.8 Å². The van der Waals surface area contributed by atoms with E-state index in [0.29, 0.717) is 11.5 Å². The SMILES string of the molecule is COc1cc(OC)cc(C(NN)c2ccoc2)c1. The summed E-state index contributed by atoms with van der Waals surface area (Å²) >= 11 is 0. The van der Waals surface area contributed by atoms with E-state index in [0.717, 1.165) is 11.1 Å². The summed E-state index contributed by atoms with van der Waals surface area (Å²) < 4.78 is 15.5. The van der Waals surface area contributed by atoms with Crippen molar-refractivity contribution < 1.29 is 13.9 Å². The van der Waals surface area contributed by atoms with Crippen LogP contribution in [0.3, 0.4) is 0 Å². The highest BCUT2D eigenvalue weighted by atomic mass is 16.5. The normalized spacial score (nSPS) is 12.2. The number of furan rings is 1. The van der Waals surface area contributed by atoms with Crippen molar-refractivity contribution in [3.8, 4) is 11.5 Å². The van der Waals surface area contributed by atoms with Crippen molar-refractivity contribution in [2.45, 2.75) is 6.04 Å². The molecule has 0 radical (unpaired) electrons. The molecule has 3 N–H and O–H groups in total. The number of ether oxygens (including phenoxy) is 2. The fraction of sp³-hybridized carbons (Fsp3) is 0.231. The molecule has 0 amide bonds. The number of hydrazine groups is 1. The molecular weight excluding hydrogens is 232 g/mol. The van der Waals surface area contributed by atoms with Crippen molar-refractivity contribution >= 4 is 0 Å². The maximum absolute atomic E-state index is 5.61. The first kappa shape index (κ1) is 12.5. The van der Waals surface area contributed by atoms with Crippen LogP contribution >= 0.6 is 0 Å². The van der Waals surface area contributed by atoms with Crippen molar-refractivity contribution in [3.63, 3.8) is 0 Å². The molecule has 2 rings (SSSR count). The Labute approximate surface area is 105 Å². The summed E-state index contributed by atoms with van der Waals surface area (Å²) in [6.07, 6.45) is 3.26. The summed E-state index contributed by atoms with van der Waals surface area (Å²) in [5.74, 6) is 7.04. The summed E-state index contributed by atoms with van der Waals surface area (Å²) in [7, 11) is 3.22. The lowest BCUT2D eigenvalue weighted by Gasteiger charge is -2.16. The molecule has 1 aromatic heterocycles. The smallest absolute Gasteiger partial charge is 0.122 e. The van der Waals surface area contributed by atoms with Gasteiger partial charge in [-0.3, -0.25) is 5.84 Å². The van der Waals surface area contributed by atoms with Crippen LogP contribution in [0.1, 0.15) is 17.2 Å². The van der Waals surface area contributed by atoms with Crippen LogP contribution in [0.25, 0.3) is 0 Å². The van der Waals surface area contributed by atoms with E-state index in [1.54, 1.807) is 26.7 Å². The second-order valence-electron chi connectivity index (χ2n) is 3.80. The number of nitrogens with two attached hydrogens (primary N) is 1. The first-order chi connectivity index (χ1) is 8.78. The molecule has 1 aromatic carbocycles. The van der Waals surface area contributed by atoms with Crippen molar-refractivity contribution in [3.05, 3.63) is 47.9 Å². The summed E-state index contributed by atoms with van der Waals surface area (Å²) in [5.41, 5.74) is 4.63. The molecule has 5 heteroatoms. The van der Waals surface area contributed by atoms with Gasteiger partial charge in [0.25, 0.3) is 0 Å². The maximum atomic E-state index is 5.61. The van der Waals surface area contributed by atoms with Gasteiger partial charge in [-0.2, -0.15) is 0 Å². The first-order valence-corrected chi connectivity index (χ1v) is 5.49. The predicted molar refractivity (Wildman–Crippen MR) is 67.4 cm³/mol. The topological polar surface area (TPSA) is 69.7 Å². The number of nitrogens with one attached hydrogen (secondary N) is 1. The molecule has 0 bridgehead atoms. The lowest BCUT2D eigenvalue weighted by Crippen LogP contribution is -2.28. The zero-order chi connectivity index (χ0) is 13.0. The van der Waals surface area contributed by atoms with Crippen LogP contribution in [0, 0.1) is 0 Å². The van der Waals surface area contributed by atoms with E-state index in [1.165, 1.54) is 0 Å². The average molecular weight is 248 g/mol. The molecule has 1 atom stereocenters. The highest BCUT2D eigenvalue weighted by Gasteiger charge is 2.15. The van der Waals surface area contributed by atoms with Crippen LogP contribution < -0.4 is 20.7 Å². The monoisotopic (exact) mass is 248 g/mol. The van der Waals surface area contributed by atoms with Gasteiger partial charge < -0.3 is 13.9 Å². The fourth-order valence-electron chi connectivity index (χ4n) is 1.82. The highest BCUT2D eigenvalue weighted by Crippen LogP contribution is 2.29. The lowest BCUT2D eigenvalue weighted by atomic mass is 10.0. The van der Waals surface area contributed by atoms with Gasteiger partial charge in [0.2, 0.25) is 0 Å². The predicted octanol–water partition coefficient (Wildman–Crippen LogP) is 1.85. The molecule has 96 valence electrons.